The number of rotatable bonds is 4. The van der Waals surface area contributed by atoms with Crippen LogP contribution in [0.2, 0.25) is 0 Å². The van der Waals surface area contributed by atoms with E-state index in [9.17, 15) is 4.39 Å². The number of hydrogen-bond donors (Lipinski definition) is 1. The topological polar surface area (TPSA) is 29.3 Å². The van der Waals surface area contributed by atoms with Crippen molar-refractivity contribution in [1.82, 2.24) is 4.90 Å². The molecule has 1 unspecified atom stereocenters. The molecule has 19 heavy (non-hydrogen) atoms. The number of halogens is 3. The van der Waals surface area contributed by atoms with Gasteiger partial charge in [-0.15, -0.1) is 12.4 Å². The van der Waals surface area contributed by atoms with E-state index in [1.54, 1.807) is 12.1 Å². The van der Waals surface area contributed by atoms with E-state index < -0.39 is 0 Å². The molecule has 1 saturated heterocycles. The molecule has 2 N–H and O–H groups in total. The molecule has 0 spiro atoms. The Labute approximate surface area is 129 Å². The number of likely N-dealkylation sites (tertiary alicyclic amines) is 1. The van der Waals surface area contributed by atoms with Crippen LogP contribution in [-0.4, -0.2) is 24.0 Å². The highest BCUT2D eigenvalue weighted by Gasteiger charge is 2.22. The first-order chi connectivity index (χ1) is 8.70. The Bertz CT molecular complexity index is 401. The van der Waals surface area contributed by atoms with Crippen LogP contribution < -0.4 is 5.73 Å². The molecule has 0 bridgehead atoms. The SMILES string of the molecule is Cl.NCCC1CCCCN1Cc1cc(F)ccc1Br. The predicted molar refractivity (Wildman–Crippen MR) is 83.1 cm³/mol. The molecule has 1 aromatic rings. The van der Waals surface area contributed by atoms with Crippen LogP contribution in [0.3, 0.4) is 0 Å². The predicted octanol–water partition coefficient (Wildman–Crippen LogP) is 3.71. The van der Waals surface area contributed by atoms with Gasteiger partial charge in [0.05, 0.1) is 0 Å². The summed E-state index contributed by atoms with van der Waals surface area (Å²) in [6.07, 6.45) is 4.76. The van der Waals surface area contributed by atoms with E-state index in [4.69, 9.17) is 5.73 Å². The monoisotopic (exact) mass is 350 g/mol. The molecule has 1 aliphatic rings. The van der Waals surface area contributed by atoms with Gasteiger partial charge in [-0.3, -0.25) is 4.90 Å². The van der Waals surface area contributed by atoms with Crippen LogP contribution in [0, 0.1) is 5.82 Å². The van der Waals surface area contributed by atoms with E-state index in [2.05, 4.69) is 20.8 Å². The third-order valence-corrected chi connectivity index (χ3v) is 4.40. The molecule has 0 aliphatic carbocycles. The smallest absolute Gasteiger partial charge is 0.123 e. The first-order valence-corrected chi connectivity index (χ1v) is 7.38. The van der Waals surface area contributed by atoms with E-state index >= 15 is 0 Å². The Kier molecular flexibility index (Phi) is 7.29. The lowest BCUT2D eigenvalue weighted by Gasteiger charge is -2.35. The molecule has 1 atom stereocenters. The zero-order valence-corrected chi connectivity index (χ0v) is 13.4. The quantitative estimate of drug-likeness (QED) is 0.896. The molecule has 1 fully saturated rings. The lowest BCUT2D eigenvalue weighted by Crippen LogP contribution is -2.40. The zero-order chi connectivity index (χ0) is 13.0. The maximum Gasteiger partial charge on any atom is 0.123 e. The summed E-state index contributed by atoms with van der Waals surface area (Å²) in [6, 6.07) is 5.45. The molecule has 2 nitrogen and oxygen atoms in total. The van der Waals surface area contributed by atoms with E-state index in [0.717, 1.165) is 36.1 Å². The second kappa shape index (κ2) is 8.20. The minimum Gasteiger partial charge on any atom is -0.330 e. The molecular formula is C14H21BrClFN2. The van der Waals surface area contributed by atoms with Gasteiger partial charge < -0.3 is 5.73 Å². The average Bonchev–Trinajstić information content (AvgIpc) is 2.36. The Balaban J connectivity index is 0.00000180. The van der Waals surface area contributed by atoms with Crippen molar-refractivity contribution in [2.24, 2.45) is 5.73 Å². The van der Waals surface area contributed by atoms with Gasteiger partial charge in [0.1, 0.15) is 5.82 Å². The van der Waals surface area contributed by atoms with Gasteiger partial charge in [-0.2, -0.15) is 0 Å². The third-order valence-electron chi connectivity index (χ3n) is 3.63. The number of nitrogens with two attached hydrogens (primary N) is 1. The van der Waals surface area contributed by atoms with E-state index in [-0.39, 0.29) is 18.2 Å². The summed E-state index contributed by atoms with van der Waals surface area (Å²) in [5, 5.41) is 0. The van der Waals surface area contributed by atoms with Crippen molar-refractivity contribution < 1.29 is 4.39 Å². The normalized spacial score (nSPS) is 20.1. The molecule has 1 heterocycles. The Morgan fingerprint density at radius 2 is 2.16 bits per heavy atom. The standard InChI is InChI=1S/C14H20BrFN2.ClH/c15-14-5-4-12(16)9-11(14)10-18-8-2-1-3-13(18)6-7-17;/h4-5,9,13H,1-3,6-8,10,17H2;1H. The van der Waals surface area contributed by atoms with Gasteiger partial charge in [0.2, 0.25) is 0 Å². The highest BCUT2D eigenvalue weighted by Crippen LogP contribution is 2.25. The molecule has 0 radical (unpaired) electrons. The summed E-state index contributed by atoms with van der Waals surface area (Å²) in [4.78, 5) is 2.44. The number of piperidine rings is 1. The van der Waals surface area contributed by atoms with Crippen molar-refractivity contribution >= 4 is 28.3 Å². The molecule has 1 aliphatic heterocycles. The maximum atomic E-state index is 13.3. The van der Waals surface area contributed by atoms with Crippen molar-refractivity contribution in [3.05, 3.63) is 34.1 Å². The van der Waals surface area contributed by atoms with Crippen LogP contribution in [-0.2, 0) is 6.54 Å². The van der Waals surface area contributed by atoms with Crippen LogP contribution in [0.1, 0.15) is 31.2 Å². The van der Waals surface area contributed by atoms with Crippen molar-refractivity contribution in [3.8, 4) is 0 Å². The number of nitrogens with zero attached hydrogens (tertiary/aromatic N) is 1. The fourth-order valence-corrected chi connectivity index (χ4v) is 3.04. The van der Waals surface area contributed by atoms with Crippen molar-refractivity contribution in [2.45, 2.75) is 38.3 Å². The lowest BCUT2D eigenvalue weighted by atomic mass is 9.98. The maximum absolute atomic E-state index is 13.3. The molecular weight excluding hydrogens is 331 g/mol. The van der Waals surface area contributed by atoms with E-state index in [1.807, 2.05) is 0 Å². The zero-order valence-electron chi connectivity index (χ0n) is 10.9. The molecule has 0 aromatic heterocycles. The van der Waals surface area contributed by atoms with E-state index in [0.29, 0.717) is 6.04 Å². The van der Waals surface area contributed by atoms with Crippen LogP contribution >= 0.6 is 28.3 Å². The fourth-order valence-electron chi connectivity index (χ4n) is 2.67. The van der Waals surface area contributed by atoms with Gasteiger partial charge in [0, 0.05) is 17.1 Å². The number of benzene rings is 1. The summed E-state index contributed by atoms with van der Waals surface area (Å²) in [5.74, 6) is -0.166. The summed E-state index contributed by atoms with van der Waals surface area (Å²) in [5.41, 5.74) is 6.70. The third kappa shape index (κ3) is 4.71. The highest BCUT2D eigenvalue weighted by molar-refractivity contribution is 9.10. The molecule has 0 amide bonds. The first kappa shape index (κ1) is 16.9. The summed E-state index contributed by atoms with van der Waals surface area (Å²) < 4.78 is 14.3. The molecule has 0 saturated carbocycles. The summed E-state index contributed by atoms with van der Waals surface area (Å²) in [7, 11) is 0. The second-order valence-corrected chi connectivity index (χ2v) is 5.79. The van der Waals surface area contributed by atoms with Gasteiger partial charge >= 0.3 is 0 Å². The van der Waals surface area contributed by atoms with Crippen molar-refractivity contribution in [2.75, 3.05) is 13.1 Å². The number of hydrogen-bond acceptors (Lipinski definition) is 2. The van der Waals surface area contributed by atoms with Crippen LogP contribution in [0.15, 0.2) is 22.7 Å². The molecule has 1 aromatic carbocycles. The van der Waals surface area contributed by atoms with Crippen LogP contribution in [0.25, 0.3) is 0 Å². The van der Waals surface area contributed by atoms with Gasteiger partial charge in [-0.1, -0.05) is 22.4 Å². The minimum absolute atomic E-state index is 0. The Hall–Kier alpha value is -0.160. The second-order valence-electron chi connectivity index (χ2n) is 4.93. The van der Waals surface area contributed by atoms with Crippen molar-refractivity contribution in [3.63, 3.8) is 0 Å². The lowest BCUT2D eigenvalue weighted by molar-refractivity contribution is 0.133. The first-order valence-electron chi connectivity index (χ1n) is 6.58. The highest BCUT2D eigenvalue weighted by atomic mass is 79.9. The Morgan fingerprint density at radius 1 is 1.37 bits per heavy atom. The fraction of sp³-hybridized carbons (Fsp3) is 0.571. The van der Waals surface area contributed by atoms with E-state index in [1.165, 1.54) is 25.3 Å². The minimum atomic E-state index is -0.166. The van der Waals surface area contributed by atoms with Gasteiger partial charge in [0.15, 0.2) is 0 Å². The van der Waals surface area contributed by atoms with Gasteiger partial charge in [-0.05, 0) is 56.1 Å². The molecule has 2 rings (SSSR count). The molecule has 108 valence electrons. The van der Waals surface area contributed by atoms with Crippen LogP contribution in [0.5, 0.6) is 0 Å². The van der Waals surface area contributed by atoms with Gasteiger partial charge in [0.25, 0.3) is 0 Å². The molecule has 5 heteroatoms. The van der Waals surface area contributed by atoms with Crippen LogP contribution in [0.4, 0.5) is 4.39 Å². The summed E-state index contributed by atoms with van der Waals surface area (Å²) in [6.45, 7) is 2.63. The van der Waals surface area contributed by atoms with Gasteiger partial charge in [-0.25, -0.2) is 4.39 Å². The average molecular weight is 352 g/mol. The Morgan fingerprint density at radius 3 is 2.89 bits per heavy atom. The summed E-state index contributed by atoms with van der Waals surface area (Å²) >= 11 is 3.50. The van der Waals surface area contributed by atoms with Crippen molar-refractivity contribution in [1.29, 1.82) is 0 Å². The largest absolute Gasteiger partial charge is 0.330 e.